The molecule has 0 saturated carbocycles. The first kappa shape index (κ1) is 20.4. The normalized spacial score (nSPS) is 27.0. The Bertz CT molecular complexity index is 515. The number of hydrogen-bond donors (Lipinski definition) is 1. The molecular weight excluding hydrogens is 313 g/mol. The topological polar surface area (TPSA) is 25.8 Å². The first-order valence-corrected chi connectivity index (χ1v) is 10.1. The van der Waals surface area contributed by atoms with Crippen LogP contribution in [0.25, 0.3) is 0 Å². The van der Waals surface area contributed by atoms with Gasteiger partial charge in [-0.2, -0.15) is 0 Å². The van der Waals surface area contributed by atoms with Crippen molar-refractivity contribution in [3.8, 4) is 0 Å². The second-order valence-corrected chi connectivity index (χ2v) is 8.67. The van der Waals surface area contributed by atoms with Crippen LogP contribution in [0.3, 0.4) is 0 Å². The molecule has 0 amide bonds. The van der Waals surface area contributed by atoms with Crippen LogP contribution < -0.4 is 5.32 Å². The van der Waals surface area contributed by atoms with Gasteiger partial charge in [-0.05, 0) is 56.1 Å². The number of hydrogen-bond acceptors (Lipinski definition) is 1. The van der Waals surface area contributed by atoms with Crippen molar-refractivity contribution >= 4 is 0 Å². The molecule has 1 aliphatic rings. The van der Waals surface area contributed by atoms with E-state index in [-0.39, 0.29) is 11.4 Å². The first-order chi connectivity index (χ1) is 11.9. The summed E-state index contributed by atoms with van der Waals surface area (Å²) in [4.78, 5) is 0. The minimum Gasteiger partial charge on any atom is -0.375 e. The molecule has 1 heterocycles. The van der Waals surface area contributed by atoms with Gasteiger partial charge in [0.1, 0.15) is 12.4 Å². The zero-order chi connectivity index (χ0) is 18.3. The molecule has 1 aromatic carbocycles. The Labute approximate surface area is 153 Å². The molecule has 1 fully saturated rings. The van der Waals surface area contributed by atoms with E-state index in [4.69, 9.17) is 4.74 Å². The third kappa shape index (κ3) is 6.38. The molecular formula is C22H37FNO+. The number of benzene rings is 1. The fraction of sp³-hybridized carbons (Fsp3) is 0.727. The van der Waals surface area contributed by atoms with Gasteiger partial charge in [-0.25, -0.2) is 4.39 Å². The monoisotopic (exact) mass is 350 g/mol. The smallest absolute Gasteiger partial charge is 0.123 e. The summed E-state index contributed by atoms with van der Waals surface area (Å²) in [5, 5.41) is 2.38. The maximum Gasteiger partial charge on any atom is 0.123 e. The Morgan fingerprint density at radius 2 is 1.92 bits per heavy atom. The van der Waals surface area contributed by atoms with Crippen LogP contribution >= 0.6 is 0 Å². The second kappa shape index (κ2) is 9.14. The first-order valence-electron chi connectivity index (χ1n) is 10.1. The van der Waals surface area contributed by atoms with Crippen molar-refractivity contribution < 1.29 is 14.4 Å². The molecule has 0 radical (unpaired) electrons. The van der Waals surface area contributed by atoms with E-state index in [0.29, 0.717) is 5.41 Å². The molecule has 0 aromatic heterocycles. The third-order valence-corrected chi connectivity index (χ3v) is 6.00. The van der Waals surface area contributed by atoms with E-state index in [1.54, 1.807) is 12.1 Å². The Morgan fingerprint density at radius 1 is 1.20 bits per heavy atom. The summed E-state index contributed by atoms with van der Waals surface area (Å²) in [6, 6.07) is 6.89. The maximum absolute atomic E-state index is 13.0. The second-order valence-electron chi connectivity index (χ2n) is 8.67. The van der Waals surface area contributed by atoms with Crippen LogP contribution in [0.2, 0.25) is 0 Å². The molecule has 0 bridgehead atoms. The summed E-state index contributed by atoms with van der Waals surface area (Å²) in [6.45, 7) is 12.2. The fourth-order valence-electron chi connectivity index (χ4n) is 4.12. The van der Waals surface area contributed by atoms with Gasteiger partial charge in [0, 0.05) is 18.6 Å². The lowest BCUT2D eigenvalue weighted by Gasteiger charge is -2.46. The van der Waals surface area contributed by atoms with E-state index in [2.05, 4.69) is 33.0 Å². The number of rotatable bonds is 9. The highest BCUT2D eigenvalue weighted by Gasteiger charge is 2.42. The highest BCUT2D eigenvalue weighted by molar-refractivity contribution is 5.14. The lowest BCUT2D eigenvalue weighted by molar-refractivity contribution is -0.672. The quantitative estimate of drug-likeness (QED) is 0.643. The molecule has 1 aliphatic heterocycles. The van der Waals surface area contributed by atoms with Crippen LogP contribution in [0.4, 0.5) is 4.39 Å². The number of nitrogens with two attached hydrogens (primary N) is 1. The average Bonchev–Trinajstić information content (AvgIpc) is 2.59. The van der Waals surface area contributed by atoms with Gasteiger partial charge in [0.2, 0.25) is 0 Å². The Morgan fingerprint density at radius 3 is 2.56 bits per heavy atom. The minimum absolute atomic E-state index is 0.0478. The Hall–Kier alpha value is -0.930. The third-order valence-electron chi connectivity index (χ3n) is 6.00. The summed E-state index contributed by atoms with van der Waals surface area (Å²) in [6.07, 6.45) is 7.34. The van der Waals surface area contributed by atoms with Crippen LogP contribution in [0, 0.1) is 17.2 Å². The molecule has 1 aromatic rings. The van der Waals surface area contributed by atoms with Gasteiger partial charge in [0.15, 0.2) is 0 Å². The number of quaternary nitrogens is 1. The van der Waals surface area contributed by atoms with Crippen molar-refractivity contribution in [3.05, 3.63) is 35.6 Å². The predicted molar refractivity (Wildman–Crippen MR) is 102 cm³/mol. The summed E-state index contributed by atoms with van der Waals surface area (Å²) < 4.78 is 19.1. The largest absolute Gasteiger partial charge is 0.375 e. The van der Waals surface area contributed by atoms with E-state index in [9.17, 15) is 4.39 Å². The minimum atomic E-state index is -0.155. The van der Waals surface area contributed by atoms with Crippen molar-refractivity contribution in [2.75, 3.05) is 13.2 Å². The zero-order valence-corrected chi connectivity index (χ0v) is 16.6. The van der Waals surface area contributed by atoms with Gasteiger partial charge in [-0.15, -0.1) is 0 Å². The van der Waals surface area contributed by atoms with Crippen molar-refractivity contribution in [2.24, 2.45) is 11.3 Å². The molecule has 2 nitrogen and oxygen atoms in total. The Balaban J connectivity index is 1.90. The average molecular weight is 351 g/mol. The van der Waals surface area contributed by atoms with Crippen molar-refractivity contribution in [1.29, 1.82) is 0 Å². The molecule has 25 heavy (non-hydrogen) atoms. The van der Waals surface area contributed by atoms with Gasteiger partial charge < -0.3 is 10.1 Å². The van der Waals surface area contributed by atoms with Gasteiger partial charge in [-0.1, -0.05) is 39.3 Å². The van der Waals surface area contributed by atoms with Gasteiger partial charge in [0.05, 0.1) is 12.1 Å². The Kier molecular flexibility index (Phi) is 7.45. The van der Waals surface area contributed by atoms with Crippen molar-refractivity contribution in [2.45, 2.75) is 78.4 Å². The zero-order valence-electron chi connectivity index (χ0n) is 16.6. The van der Waals surface area contributed by atoms with Crippen molar-refractivity contribution in [1.82, 2.24) is 0 Å². The van der Waals surface area contributed by atoms with Gasteiger partial charge in [0.25, 0.3) is 0 Å². The summed E-state index contributed by atoms with van der Waals surface area (Å²) in [5.74, 6) is 0.605. The predicted octanol–water partition coefficient (Wildman–Crippen LogP) is 4.68. The van der Waals surface area contributed by atoms with Crippen molar-refractivity contribution in [3.63, 3.8) is 0 Å². The van der Waals surface area contributed by atoms with E-state index >= 15 is 0 Å². The lowest BCUT2D eigenvalue weighted by atomic mass is 9.67. The molecule has 2 atom stereocenters. The standard InChI is InChI=1S/C22H36FNO/c1-5-21(4)17-22(13-15-25-21,11-10-18(2)3)12-14-24-16-19-6-8-20(23)9-7-19/h6-9,18,24H,5,10-17H2,1-4H3/p+1/t21-,22-/m0/s1. The molecule has 0 spiro atoms. The highest BCUT2D eigenvalue weighted by atomic mass is 19.1. The lowest BCUT2D eigenvalue weighted by Crippen LogP contribution is -2.83. The van der Waals surface area contributed by atoms with Crippen LogP contribution in [0.5, 0.6) is 0 Å². The van der Waals surface area contributed by atoms with E-state index < -0.39 is 0 Å². The molecule has 1 saturated heterocycles. The molecule has 2 N–H and O–H groups in total. The van der Waals surface area contributed by atoms with Gasteiger partial charge >= 0.3 is 0 Å². The summed E-state index contributed by atoms with van der Waals surface area (Å²) >= 11 is 0. The number of halogens is 1. The highest BCUT2D eigenvalue weighted by Crippen LogP contribution is 2.46. The molecule has 142 valence electrons. The molecule has 2 rings (SSSR count). The maximum atomic E-state index is 13.0. The molecule has 0 aliphatic carbocycles. The van der Waals surface area contributed by atoms with Crippen LogP contribution in [0.15, 0.2) is 24.3 Å². The van der Waals surface area contributed by atoms with E-state index in [0.717, 1.165) is 32.0 Å². The number of ether oxygens (including phenoxy) is 1. The summed E-state index contributed by atoms with van der Waals surface area (Å²) in [7, 11) is 0. The van der Waals surface area contributed by atoms with Crippen LogP contribution in [0.1, 0.15) is 71.8 Å². The van der Waals surface area contributed by atoms with E-state index in [1.807, 2.05) is 12.1 Å². The molecule has 0 unspecified atom stereocenters. The summed E-state index contributed by atoms with van der Waals surface area (Å²) in [5.41, 5.74) is 1.67. The molecule has 3 heteroatoms. The van der Waals surface area contributed by atoms with Gasteiger partial charge in [-0.3, -0.25) is 0 Å². The van der Waals surface area contributed by atoms with Crippen LogP contribution in [-0.2, 0) is 11.3 Å². The fourth-order valence-corrected chi connectivity index (χ4v) is 4.12. The SMILES string of the molecule is CC[C@@]1(C)C[C@](CC[NH2+]Cc2ccc(F)cc2)(CCC(C)C)CCO1. The van der Waals surface area contributed by atoms with Crippen LogP contribution in [-0.4, -0.2) is 18.8 Å². The van der Waals surface area contributed by atoms with E-state index in [1.165, 1.54) is 37.7 Å².